The lowest BCUT2D eigenvalue weighted by Crippen LogP contribution is -2.27. The number of hydrogen-bond acceptors (Lipinski definition) is 3. The number of nitrogens with zero attached hydrogens (tertiary/aromatic N) is 1. The molecule has 0 heterocycles. The Balaban J connectivity index is 2.37. The van der Waals surface area contributed by atoms with Gasteiger partial charge < -0.3 is 14.7 Å². The van der Waals surface area contributed by atoms with Crippen LogP contribution in [0.3, 0.4) is 0 Å². The minimum atomic E-state index is -0.815. The number of rotatable bonds is 8. The molecule has 0 saturated heterocycles. The number of likely N-dealkylation sites (N-methyl/N-ethyl adjacent to an activating group) is 1. The molecule has 0 atom stereocenters. The molecule has 4 heteroatoms. The fraction of sp³-hybridized carbons (Fsp3) is 0.500. The van der Waals surface area contributed by atoms with E-state index in [1.807, 2.05) is 12.1 Å². The number of aliphatic carboxylic acids is 1. The van der Waals surface area contributed by atoms with Crippen LogP contribution in [-0.4, -0.2) is 42.2 Å². The molecule has 0 aliphatic carbocycles. The van der Waals surface area contributed by atoms with Gasteiger partial charge in [0, 0.05) is 6.54 Å². The van der Waals surface area contributed by atoms with Crippen molar-refractivity contribution in [2.75, 3.05) is 26.2 Å². The first-order valence-electron chi connectivity index (χ1n) is 6.31. The summed E-state index contributed by atoms with van der Waals surface area (Å²) in [5.74, 6) is -0.0264. The predicted octanol–water partition coefficient (Wildman–Crippen LogP) is 2.03. The van der Waals surface area contributed by atoms with Crippen molar-refractivity contribution in [1.82, 2.24) is 4.90 Å². The summed E-state index contributed by atoms with van der Waals surface area (Å²) in [5.41, 5.74) is 0.790. The highest BCUT2D eigenvalue weighted by atomic mass is 16.5. The third kappa shape index (κ3) is 5.19. The summed E-state index contributed by atoms with van der Waals surface area (Å²) in [6.45, 7) is 7.87. The number of carbonyl (C=O) groups is 1. The predicted molar refractivity (Wildman–Crippen MR) is 71.1 cm³/mol. The van der Waals surface area contributed by atoms with Gasteiger partial charge in [-0.05, 0) is 30.8 Å². The summed E-state index contributed by atoms with van der Waals surface area (Å²) in [6.07, 6.45) is 0.0553. The average Bonchev–Trinajstić information content (AvgIpc) is 2.36. The van der Waals surface area contributed by atoms with Gasteiger partial charge in [-0.25, -0.2) is 0 Å². The van der Waals surface area contributed by atoms with Gasteiger partial charge in [-0.1, -0.05) is 26.0 Å². The monoisotopic (exact) mass is 251 g/mol. The van der Waals surface area contributed by atoms with E-state index in [2.05, 4.69) is 18.7 Å². The van der Waals surface area contributed by atoms with E-state index in [1.165, 1.54) is 0 Å². The molecular weight excluding hydrogens is 230 g/mol. The van der Waals surface area contributed by atoms with Crippen molar-refractivity contribution in [2.24, 2.45) is 0 Å². The van der Waals surface area contributed by atoms with Gasteiger partial charge in [0.15, 0.2) is 0 Å². The van der Waals surface area contributed by atoms with Crippen molar-refractivity contribution >= 4 is 5.97 Å². The van der Waals surface area contributed by atoms with Gasteiger partial charge in [-0.3, -0.25) is 4.79 Å². The Morgan fingerprint density at radius 3 is 2.33 bits per heavy atom. The Kier molecular flexibility index (Phi) is 6.22. The molecule has 1 rings (SSSR count). The summed E-state index contributed by atoms with van der Waals surface area (Å²) in [6, 6.07) is 7.22. The number of hydrogen-bond donors (Lipinski definition) is 1. The first-order chi connectivity index (χ1) is 8.65. The van der Waals surface area contributed by atoms with E-state index < -0.39 is 5.97 Å². The van der Waals surface area contributed by atoms with E-state index >= 15 is 0 Å². The van der Waals surface area contributed by atoms with E-state index in [0.717, 1.165) is 30.9 Å². The smallest absolute Gasteiger partial charge is 0.307 e. The van der Waals surface area contributed by atoms with E-state index in [0.29, 0.717) is 6.61 Å². The number of ether oxygens (including phenoxy) is 1. The van der Waals surface area contributed by atoms with Crippen LogP contribution in [0.5, 0.6) is 5.75 Å². The van der Waals surface area contributed by atoms with Gasteiger partial charge in [-0.2, -0.15) is 0 Å². The normalized spacial score (nSPS) is 10.6. The number of carboxylic acid groups (broad SMARTS) is 1. The zero-order valence-corrected chi connectivity index (χ0v) is 11.1. The van der Waals surface area contributed by atoms with Crippen molar-refractivity contribution in [1.29, 1.82) is 0 Å². The molecule has 1 aromatic carbocycles. The minimum absolute atomic E-state index is 0.0553. The maximum Gasteiger partial charge on any atom is 0.307 e. The average molecular weight is 251 g/mol. The second-order valence-electron chi connectivity index (χ2n) is 4.09. The molecule has 0 radical (unpaired) electrons. The quantitative estimate of drug-likeness (QED) is 0.768. The van der Waals surface area contributed by atoms with Crippen molar-refractivity contribution in [3.63, 3.8) is 0 Å². The first kappa shape index (κ1) is 14.5. The summed E-state index contributed by atoms with van der Waals surface area (Å²) in [4.78, 5) is 12.8. The lowest BCUT2D eigenvalue weighted by Gasteiger charge is -2.18. The van der Waals surface area contributed by atoms with Crippen molar-refractivity contribution in [3.8, 4) is 5.75 Å². The van der Waals surface area contributed by atoms with Gasteiger partial charge in [0.25, 0.3) is 0 Å². The molecule has 1 aromatic rings. The van der Waals surface area contributed by atoms with Crippen LogP contribution in [0.25, 0.3) is 0 Å². The van der Waals surface area contributed by atoms with Crippen LogP contribution in [0.1, 0.15) is 19.4 Å². The Hall–Kier alpha value is -1.55. The third-order valence-electron chi connectivity index (χ3n) is 2.85. The zero-order chi connectivity index (χ0) is 13.4. The lowest BCUT2D eigenvalue weighted by atomic mass is 10.1. The van der Waals surface area contributed by atoms with Crippen LogP contribution in [0.2, 0.25) is 0 Å². The van der Waals surface area contributed by atoms with Crippen LogP contribution in [0.4, 0.5) is 0 Å². The van der Waals surface area contributed by atoms with Crippen LogP contribution in [-0.2, 0) is 11.2 Å². The lowest BCUT2D eigenvalue weighted by molar-refractivity contribution is -0.136. The van der Waals surface area contributed by atoms with Crippen molar-refractivity contribution in [3.05, 3.63) is 29.8 Å². The second-order valence-corrected chi connectivity index (χ2v) is 4.09. The summed E-state index contributed by atoms with van der Waals surface area (Å²) >= 11 is 0. The number of carboxylic acids is 1. The fourth-order valence-corrected chi connectivity index (χ4v) is 1.71. The molecule has 4 nitrogen and oxygen atoms in total. The van der Waals surface area contributed by atoms with Crippen LogP contribution in [0.15, 0.2) is 24.3 Å². The SMILES string of the molecule is CCN(CC)CCOc1ccc(CC(=O)O)cc1. The topological polar surface area (TPSA) is 49.8 Å². The fourth-order valence-electron chi connectivity index (χ4n) is 1.71. The molecule has 0 fully saturated rings. The largest absolute Gasteiger partial charge is 0.492 e. The van der Waals surface area contributed by atoms with Gasteiger partial charge in [0.2, 0.25) is 0 Å². The Labute approximate surface area is 108 Å². The van der Waals surface area contributed by atoms with E-state index in [-0.39, 0.29) is 6.42 Å². The van der Waals surface area contributed by atoms with Gasteiger partial charge in [0.1, 0.15) is 12.4 Å². The summed E-state index contributed by atoms with van der Waals surface area (Å²) < 4.78 is 5.61. The van der Waals surface area contributed by atoms with Gasteiger partial charge >= 0.3 is 5.97 Å². The molecule has 0 aliphatic heterocycles. The van der Waals surface area contributed by atoms with Crippen LogP contribution in [0, 0.1) is 0 Å². The molecule has 0 aliphatic rings. The van der Waals surface area contributed by atoms with Crippen LogP contribution < -0.4 is 4.74 Å². The molecular formula is C14H21NO3. The van der Waals surface area contributed by atoms with Crippen LogP contribution >= 0.6 is 0 Å². The third-order valence-corrected chi connectivity index (χ3v) is 2.85. The zero-order valence-electron chi connectivity index (χ0n) is 11.1. The Morgan fingerprint density at radius 1 is 1.22 bits per heavy atom. The van der Waals surface area contributed by atoms with Crippen molar-refractivity contribution < 1.29 is 14.6 Å². The van der Waals surface area contributed by atoms with E-state index in [4.69, 9.17) is 9.84 Å². The maximum atomic E-state index is 10.5. The molecule has 0 aromatic heterocycles. The second kappa shape index (κ2) is 7.71. The molecule has 1 N–H and O–H groups in total. The molecule has 100 valence electrons. The summed E-state index contributed by atoms with van der Waals surface area (Å²) in [5, 5.41) is 8.66. The van der Waals surface area contributed by atoms with Gasteiger partial charge in [0.05, 0.1) is 6.42 Å². The molecule has 0 bridgehead atoms. The first-order valence-corrected chi connectivity index (χ1v) is 6.31. The standard InChI is InChI=1S/C14H21NO3/c1-3-15(4-2)9-10-18-13-7-5-12(6-8-13)11-14(16)17/h5-8H,3-4,9-11H2,1-2H3,(H,16,17). The van der Waals surface area contributed by atoms with E-state index in [1.54, 1.807) is 12.1 Å². The molecule has 0 amide bonds. The Bertz CT molecular complexity index is 358. The molecule has 0 spiro atoms. The highest BCUT2D eigenvalue weighted by molar-refractivity contribution is 5.70. The Morgan fingerprint density at radius 2 is 1.83 bits per heavy atom. The summed E-state index contributed by atoms with van der Waals surface area (Å²) in [7, 11) is 0. The maximum absolute atomic E-state index is 10.5. The molecule has 0 unspecified atom stereocenters. The van der Waals surface area contributed by atoms with Crippen molar-refractivity contribution in [2.45, 2.75) is 20.3 Å². The van der Waals surface area contributed by atoms with E-state index in [9.17, 15) is 4.79 Å². The number of benzene rings is 1. The van der Waals surface area contributed by atoms with Gasteiger partial charge in [-0.15, -0.1) is 0 Å². The molecule has 0 saturated carbocycles. The minimum Gasteiger partial charge on any atom is -0.492 e. The molecule has 18 heavy (non-hydrogen) atoms. The highest BCUT2D eigenvalue weighted by Crippen LogP contribution is 2.12. The highest BCUT2D eigenvalue weighted by Gasteiger charge is 2.02.